The molecule has 0 spiro atoms. The second kappa shape index (κ2) is 11.9. The van der Waals surface area contributed by atoms with Crippen LogP contribution < -0.4 is 0 Å². The molecule has 0 bridgehead atoms. The van der Waals surface area contributed by atoms with Crippen LogP contribution in [0.25, 0.3) is 102 Å². The maximum atomic E-state index is 4.31. The van der Waals surface area contributed by atoms with Crippen LogP contribution >= 0.6 is 22.7 Å². The van der Waals surface area contributed by atoms with Gasteiger partial charge < -0.3 is 0 Å². The van der Waals surface area contributed by atoms with E-state index in [1.54, 1.807) is 0 Å². The first kappa shape index (κ1) is 30.1. The lowest BCUT2D eigenvalue weighted by Gasteiger charge is -2.18. The van der Waals surface area contributed by atoms with Gasteiger partial charge in [0.05, 0.1) is 0 Å². The Kier molecular flexibility index (Phi) is 7.02. The molecule has 240 valence electrons. The molecule has 0 radical (unpaired) electrons. The van der Waals surface area contributed by atoms with Crippen molar-refractivity contribution in [3.63, 3.8) is 0 Å². The summed E-state index contributed by atoms with van der Waals surface area (Å²) >= 11 is 3.73. The van der Waals surface area contributed by atoms with Gasteiger partial charge in [0.1, 0.15) is 0 Å². The van der Waals surface area contributed by atoms with Crippen LogP contribution in [0, 0.1) is 6.92 Å². The highest BCUT2D eigenvalue weighted by molar-refractivity contribution is 7.26. The zero-order valence-corrected chi connectivity index (χ0v) is 29.7. The Balaban J connectivity index is 1.19. The van der Waals surface area contributed by atoms with Crippen LogP contribution in [0.2, 0.25) is 0 Å². The fraction of sp³-hybridized carbons (Fsp3) is 0.0204. The van der Waals surface area contributed by atoms with E-state index in [1.165, 1.54) is 107 Å². The SMILES string of the molecule is C=Cc1sc2cc(-c3c4ccccc4c(-c4ccc(-c5ccccc5)cc4)c4ccccc34)ccc2c1-c1c(C)ccc2sc3ccccc3c12. The lowest BCUT2D eigenvalue weighted by molar-refractivity contribution is 1.51. The average molecular weight is 685 g/mol. The lowest BCUT2D eigenvalue weighted by atomic mass is 9.85. The summed E-state index contributed by atoms with van der Waals surface area (Å²) in [4.78, 5) is 1.22. The minimum atomic E-state index is 1.22. The Hall–Kier alpha value is -5.80. The molecule has 0 N–H and O–H groups in total. The fourth-order valence-corrected chi connectivity index (χ4v) is 10.3. The van der Waals surface area contributed by atoms with Gasteiger partial charge in [-0.2, -0.15) is 0 Å². The topological polar surface area (TPSA) is 0 Å². The van der Waals surface area contributed by atoms with E-state index in [4.69, 9.17) is 0 Å². The third kappa shape index (κ3) is 4.72. The monoisotopic (exact) mass is 684 g/mol. The molecule has 51 heavy (non-hydrogen) atoms. The van der Waals surface area contributed by atoms with Crippen LogP contribution in [0.15, 0.2) is 164 Å². The fourth-order valence-electron chi connectivity index (χ4n) is 8.13. The van der Waals surface area contributed by atoms with Gasteiger partial charge in [0.15, 0.2) is 0 Å². The van der Waals surface area contributed by atoms with E-state index in [1.807, 2.05) is 22.7 Å². The quantitative estimate of drug-likeness (QED) is 0.158. The molecule has 2 aromatic heterocycles. The maximum Gasteiger partial charge on any atom is 0.0361 e. The van der Waals surface area contributed by atoms with Gasteiger partial charge >= 0.3 is 0 Å². The summed E-state index contributed by atoms with van der Waals surface area (Å²) in [5.74, 6) is 0. The number of fused-ring (bicyclic) bond motifs is 6. The summed E-state index contributed by atoms with van der Waals surface area (Å²) in [6, 6.07) is 58.1. The van der Waals surface area contributed by atoms with E-state index in [-0.39, 0.29) is 0 Å². The molecule has 0 aliphatic carbocycles. The normalized spacial score (nSPS) is 11.7. The molecule has 8 aromatic carbocycles. The van der Waals surface area contributed by atoms with Crippen LogP contribution in [-0.4, -0.2) is 0 Å². The van der Waals surface area contributed by atoms with Crippen LogP contribution in [0.4, 0.5) is 0 Å². The molecule has 0 aliphatic heterocycles. The van der Waals surface area contributed by atoms with Crippen molar-refractivity contribution >= 4 is 80.6 Å². The highest BCUT2D eigenvalue weighted by atomic mass is 32.1. The van der Waals surface area contributed by atoms with Gasteiger partial charge in [-0.3, -0.25) is 0 Å². The Morgan fingerprint density at radius 2 is 0.941 bits per heavy atom. The number of hydrogen-bond donors (Lipinski definition) is 0. The minimum Gasteiger partial charge on any atom is -0.135 e. The molecule has 0 saturated heterocycles. The first-order valence-corrected chi connectivity index (χ1v) is 19.0. The number of aryl methyl sites for hydroxylation is 1. The average Bonchev–Trinajstić information content (AvgIpc) is 3.75. The van der Waals surface area contributed by atoms with Crippen molar-refractivity contribution in [2.24, 2.45) is 0 Å². The summed E-state index contributed by atoms with van der Waals surface area (Å²) in [7, 11) is 0. The van der Waals surface area contributed by atoms with Crippen molar-refractivity contribution in [3.05, 3.63) is 175 Å². The van der Waals surface area contributed by atoms with E-state index in [9.17, 15) is 0 Å². The van der Waals surface area contributed by atoms with Gasteiger partial charge in [0.2, 0.25) is 0 Å². The summed E-state index contributed by atoms with van der Waals surface area (Å²) < 4.78 is 3.94. The predicted octanol–water partition coefficient (Wildman–Crippen LogP) is 15.2. The summed E-state index contributed by atoms with van der Waals surface area (Å²) in [6.07, 6.45) is 2.05. The van der Waals surface area contributed by atoms with Gasteiger partial charge in [-0.25, -0.2) is 0 Å². The minimum absolute atomic E-state index is 1.22. The largest absolute Gasteiger partial charge is 0.135 e. The van der Waals surface area contributed by atoms with Gasteiger partial charge in [0.25, 0.3) is 0 Å². The maximum absolute atomic E-state index is 4.31. The van der Waals surface area contributed by atoms with E-state index in [0.29, 0.717) is 0 Å². The molecule has 0 saturated carbocycles. The van der Waals surface area contributed by atoms with Gasteiger partial charge in [-0.15, -0.1) is 22.7 Å². The molecule has 2 heteroatoms. The molecule has 0 amide bonds. The zero-order chi connectivity index (χ0) is 34.1. The summed E-state index contributed by atoms with van der Waals surface area (Å²) in [5, 5.41) is 9.04. The number of rotatable bonds is 5. The molecule has 0 atom stereocenters. The zero-order valence-electron chi connectivity index (χ0n) is 28.1. The molecule has 2 heterocycles. The van der Waals surface area contributed by atoms with Crippen LogP contribution in [-0.2, 0) is 0 Å². The van der Waals surface area contributed by atoms with Crippen molar-refractivity contribution in [1.82, 2.24) is 0 Å². The van der Waals surface area contributed by atoms with Crippen molar-refractivity contribution < 1.29 is 0 Å². The Morgan fingerprint density at radius 1 is 0.392 bits per heavy atom. The van der Waals surface area contributed by atoms with Crippen LogP contribution in [0.1, 0.15) is 10.4 Å². The molecular weight excluding hydrogens is 653 g/mol. The van der Waals surface area contributed by atoms with Crippen molar-refractivity contribution in [2.75, 3.05) is 0 Å². The van der Waals surface area contributed by atoms with Crippen molar-refractivity contribution in [3.8, 4) is 44.5 Å². The number of thiophene rings is 2. The lowest BCUT2D eigenvalue weighted by Crippen LogP contribution is -1.91. The second-order valence-corrected chi connectivity index (χ2v) is 15.4. The standard InChI is InChI=1S/C49H32S2/c1-3-41-48(45-30(2)21-28-43-49(45)39-19-11-12-20-42(39)51-43)40-27-26-34(29-44(40)50-41)47-37-17-9-7-15-35(37)46(36-16-8-10-18-38(36)47)33-24-22-32(23-25-33)31-13-5-4-6-14-31/h3-29H,1H2,2H3. The van der Waals surface area contributed by atoms with E-state index < -0.39 is 0 Å². The smallest absolute Gasteiger partial charge is 0.0361 e. The predicted molar refractivity (Wildman–Crippen MR) is 226 cm³/mol. The number of benzene rings is 8. The van der Waals surface area contributed by atoms with Crippen LogP contribution in [0.3, 0.4) is 0 Å². The molecule has 0 nitrogen and oxygen atoms in total. The molecular formula is C49H32S2. The third-order valence-electron chi connectivity index (χ3n) is 10.4. The molecule has 0 unspecified atom stereocenters. The van der Waals surface area contributed by atoms with Crippen molar-refractivity contribution in [2.45, 2.75) is 6.92 Å². The summed E-state index contributed by atoms with van der Waals surface area (Å²) in [6.45, 7) is 6.56. The Labute approximate surface area is 305 Å². The molecule has 10 aromatic rings. The summed E-state index contributed by atoms with van der Waals surface area (Å²) in [5.41, 5.74) is 11.4. The molecule has 10 rings (SSSR count). The van der Waals surface area contributed by atoms with Crippen LogP contribution in [0.5, 0.6) is 0 Å². The van der Waals surface area contributed by atoms with Gasteiger partial charge in [-0.1, -0.05) is 152 Å². The molecule has 0 fully saturated rings. The second-order valence-electron chi connectivity index (χ2n) is 13.3. The third-order valence-corrected chi connectivity index (χ3v) is 12.7. The number of hydrogen-bond acceptors (Lipinski definition) is 2. The highest BCUT2D eigenvalue weighted by Crippen LogP contribution is 2.50. The first-order valence-electron chi connectivity index (χ1n) is 17.4. The van der Waals surface area contributed by atoms with Crippen molar-refractivity contribution in [1.29, 1.82) is 0 Å². The molecule has 0 aliphatic rings. The van der Waals surface area contributed by atoms with Gasteiger partial charge in [0, 0.05) is 40.7 Å². The van der Waals surface area contributed by atoms with E-state index >= 15 is 0 Å². The van der Waals surface area contributed by atoms with E-state index in [0.717, 1.165) is 0 Å². The highest BCUT2D eigenvalue weighted by Gasteiger charge is 2.22. The van der Waals surface area contributed by atoms with Gasteiger partial charge in [-0.05, 0) is 91.2 Å². The Bertz CT molecular complexity index is 2920. The first-order chi connectivity index (χ1) is 25.2. The Morgan fingerprint density at radius 3 is 1.61 bits per heavy atom. The van der Waals surface area contributed by atoms with E-state index in [2.05, 4.69) is 177 Å².